The smallest absolute Gasteiger partial charge is 0.251 e. The fourth-order valence-electron chi connectivity index (χ4n) is 2.56. The first kappa shape index (κ1) is 18.5. The van der Waals surface area contributed by atoms with Crippen LogP contribution in [-0.4, -0.2) is 41.0 Å². The summed E-state index contributed by atoms with van der Waals surface area (Å²) in [4.78, 5) is 26.4. The Kier molecular flexibility index (Phi) is 6.17. The van der Waals surface area contributed by atoms with Crippen LogP contribution in [-0.2, 0) is 11.2 Å². The number of amides is 2. The molecule has 0 bridgehead atoms. The Morgan fingerprint density at radius 3 is 2.24 bits per heavy atom. The van der Waals surface area contributed by atoms with Gasteiger partial charge in [0.15, 0.2) is 0 Å². The van der Waals surface area contributed by atoms with E-state index in [0.29, 0.717) is 12.0 Å². The molecule has 0 unspecified atom stereocenters. The highest BCUT2D eigenvalue weighted by molar-refractivity contribution is 5.97. The number of aromatic hydroxyl groups is 1. The number of hydrogen-bond acceptors (Lipinski definition) is 3. The van der Waals surface area contributed by atoms with E-state index in [-0.39, 0.29) is 23.6 Å². The summed E-state index contributed by atoms with van der Waals surface area (Å²) in [7, 11) is 1.73. The zero-order chi connectivity index (χ0) is 18.4. The molecule has 0 aliphatic heterocycles. The molecule has 2 aromatic rings. The third-order valence-electron chi connectivity index (χ3n) is 4.23. The molecule has 0 fully saturated rings. The van der Waals surface area contributed by atoms with Crippen LogP contribution >= 0.6 is 0 Å². The Labute approximate surface area is 148 Å². The number of nitrogens with zero attached hydrogens (tertiary/aromatic N) is 1. The maximum Gasteiger partial charge on any atom is 0.251 e. The lowest BCUT2D eigenvalue weighted by Crippen LogP contribution is -2.48. The van der Waals surface area contributed by atoms with E-state index in [9.17, 15) is 14.7 Å². The predicted molar refractivity (Wildman–Crippen MR) is 97.4 cm³/mol. The first-order valence-electron chi connectivity index (χ1n) is 8.29. The lowest BCUT2D eigenvalue weighted by molar-refractivity contribution is -0.133. The van der Waals surface area contributed by atoms with Gasteiger partial charge in [-0.15, -0.1) is 0 Å². The van der Waals surface area contributed by atoms with Crippen molar-refractivity contribution in [3.63, 3.8) is 0 Å². The third kappa shape index (κ3) is 5.08. The Balaban J connectivity index is 1.93. The summed E-state index contributed by atoms with van der Waals surface area (Å²) in [5.41, 5.74) is 1.56. The molecule has 132 valence electrons. The Morgan fingerprint density at radius 2 is 1.64 bits per heavy atom. The van der Waals surface area contributed by atoms with Gasteiger partial charge in [-0.05, 0) is 50.1 Å². The number of nitrogens with one attached hydrogen (secondary N) is 1. The van der Waals surface area contributed by atoms with Crippen LogP contribution in [0.1, 0.15) is 29.8 Å². The van der Waals surface area contributed by atoms with E-state index < -0.39 is 6.04 Å². The maximum absolute atomic E-state index is 12.6. The minimum Gasteiger partial charge on any atom is -0.508 e. The number of phenols is 1. The van der Waals surface area contributed by atoms with Crippen LogP contribution in [0.2, 0.25) is 0 Å². The number of benzene rings is 2. The van der Waals surface area contributed by atoms with Crippen LogP contribution in [0, 0.1) is 0 Å². The summed E-state index contributed by atoms with van der Waals surface area (Å²) in [5.74, 6) is -0.185. The van der Waals surface area contributed by atoms with Crippen molar-refractivity contribution in [2.24, 2.45) is 0 Å². The summed E-state index contributed by atoms with van der Waals surface area (Å²) in [6, 6.07) is 15.1. The van der Waals surface area contributed by atoms with Crippen LogP contribution in [0.3, 0.4) is 0 Å². The van der Waals surface area contributed by atoms with Crippen LogP contribution in [0.15, 0.2) is 54.6 Å². The zero-order valence-corrected chi connectivity index (χ0v) is 14.8. The van der Waals surface area contributed by atoms with Crippen molar-refractivity contribution in [1.29, 1.82) is 0 Å². The van der Waals surface area contributed by atoms with Gasteiger partial charge in [-0.25, -0.2) is 0 Å². The van der Waals surface area contributed by atoms with Gasteiger partial charge >= 0.3 is 0 Å². The molecular weight excluding hydrogens is 316 g/mol. The predicted octanol–water partition coefficient (Wildman–Crippen LogP) is 2.60. The van der Waals surface area contributed by atoms with Crippen molar-refractivity contribution in [1.82, 2.24) is 10.2 Å². The molecule has 5 heteroatoms. The monoisotopic (exact) mass is 340 g/mol. The lowest BCUT2D eigenvalue weighted by atomic mass is 10.1. The number of likely N-dealkylation sites (N-methyl/N-ethyl adjacent to an activating group) is 1. The number of hydrogen-bond donors (Lipinski definition) is 2. The van der Waals surface area contributed by atoms with Crippen molar-refractivity contribution in [3.8, 4) is 5.75 Å². The molecule has 2 N–H and O–H groups in total. The van der Waals surface area contributed by atoms with Gasteiger partial charge in [0.25, 0.3) is 5.91 Å². The summed E-state index contributed by atoms with van der Waals surface area (Å²) in [6.45, 7) is 3.64. The van der Waals surface area contributed by atoms with Crippen LogP contribution < -0.4 is 5.32 Å². The largest absolute Gasteiger partial charge is 0.508 e. The van der Waals surface area contributed by atoms with Crippen LogP contribution in [0.5, 0.6) is 5.75 Å². The van der Waals surface area contributed by atoms with Gasteiger partial charge in [-0.1, -0.05) is 30.3 Å². The molecule has 0 heterocycles. The molecule has 2 aromatic carbocycles. The van der Waals surface area contributed by atoms with Crippen molar-refractivity contribution in [2.45, 2.75) is 32.4 Å². The molecule has 0 saturated heterocycles. The van der Waals surface area contributed by atoms with Crippen LogP contribution in [0.4, 0.5) is 0 Å². The Hall–Kier alpha value is -2.82. The van der Waals surface area contributed by atoms with Crippen molar-refractivity contribution >= 4 is 11.8 Å². The Bertz CT molecular complexity index is 713. The molecule has 0 aliphatic carbocycles. The summed E-state index contributed by atoms with van der Waals surface area (Å²) in [5, 5.41) is 12.1. The van der Waals surface area contributed by atoms with Gasteiger partial charge in [0.1, 0.15) is 11.8 Å². The molecule has 0 aliphatic rings. The number of rotatable bonds is 6. The highest BCUT2D eigenvalue weighted by Gasteiger charge is 2.23. The summed E-state index contributed by atoms with van der Waals surface area (Å²) >= 11 is 0. The number of carbonyl (C=O) groups excluding carboxylic acids is 2. The second-order valence-electron chi connectivity index (χ2n) is 6.23. The van der Waals surface area contributed by atoms with E-state index in [1.807, 2.05) is 25.1 Å². The minimum absolute atomic E-state index is 0.0341. The zero-order valence-electron chi connectivity index (χ0n) is 14.8. The second-order valence-corrected chi connectivity index (χ2v) is 6.23. The average Bonchev–Trinajstić information content (AvgIpc) is 2.62. The normalized spacial score (nSPS) is 12.9. The molecular formula is C20H24N2O3. The molecule has 2 rings (SSSR count). The number of phenolic OH excluding ortho intramolecular Hbond substituents is 1. The molecule has 0 radical (unpaired) electrons. The van der Waals surface area contributed by atoms with E-state index in [0.717, 1.165) is 5.56 Å². The Morgan fingerprint density at radius 1 is 1.04 bits per heavy atom. The fraction of sp³-hybridized carbons (Fsp3) is 0.300. The molecule has 2 atom stereocenters. The topological polar surface area (TPSA) is 69.6 Å². The fourth-order valence-corrected chi connectivity index (χ4v) is 2.56. The molecule has 0 aromatic heterocycles. The highest BCUT2D eigenvalue weighted by Crippen LogP contribution is 2.13. The van der Waals surface area contributed by atoms with E-state index in [1.54, 1.807) is 55.3 Å². The van der Waals surface area contributed by atoms with E-state index in [4.69, 9.17) is 0 Å². The van der Waals surface area contributed by atoms with Crippen molar-refractivity contribution < 1.29 is 14.7 Å². The van der Waals surface area contributed by atoms with Gasteiger partial charge in [-0.2, -0.15) is 0 Å². The maximum atomic E-state index is 12.6. The van der Waals surface area contributed by atoms with Gasteiger partial charge in [0, 0.05) is 18.7 Å². The molecule has 0 saturated carbocycles. The molecule has 5 nitrogen and oxygen atoms in total. The van der Waals surface area contributed by atoms with Gasteiger partial charge in [-0.3, -0.25) is 9.59 Å². The molecule has 0 spiro atoms. The number of carbonyl (C=O) groups is 2. The van der Waals surface area contributed by atoms with E-state index in [2.05, 4.69) is 5.32 Å². The van der Waals surface area contributed by atoms with E-state index >= 15 is 0 Å². The van der Waals surface area contributed by atoms with Gasteiger partial charge in [0.2, 0.25) is 5.91 Å². The van der Waals surface area contributed by atoms with Gasteiger partial charge in [0.05, 0.1) is 0 Å². The minimum atomic E-state index is -0.611. The first-order valence-corrected chi connectivity index (χ1v) is 8.29. The second kappa shape index (κ2) is 8.33. The van der Waals surface area contributed by atoms with Crippen molar-refractivity contribution in [3.05, 3.63) is 65.7 Å². The quantitative estimate of drug-likeness (QED) is 0.849. The van der Waals surface area contributed by atoms with Crippen molar-refractivity contribution in [2.75, 3.05) is 7.05 Å². The highest BCUT2D eigenvalue weighted by atomic mass is 16.3. The SMILES string of the molecule is C[C@@H](NC(=O)c1ccccc1)C(=O)N(C)[C@@H](C)Cc1ccc(O)cc1. The summed E-state index contributed by atoms with van der Waals surface area (Å²) < 4.78 is 0. The molecule has 25 heavy (non-hydrogen) atoms. The first-order chi connectivity index (χ1) is 11.9. The standard InChI is InChI=1S/C20H24N2O3/c1-14(13-16-9-11-18(23)12-10-16)22(3)20(25)15(2)21-19(24)17-7-5-4-6-8-17/h4-12,14-15,23H,13H2,1-3H3,(H,21,24)/t14-,15+/m0/s1. The van der Waals surface area contributed by atoms with Crippen LogP contribution in [0.25, 0.3) is 0 Å². The average molecular weight is 340 g/mol. The van der Waals surface area contributed by atoms with E-state index in [1.165, 1.54) is 0 Å². The molecule has 2 amide bonds. The van der Waals surface area contributed by atoms with Gasteiger partial charge < -0.3 is 15.3 Å². The third-order valence-corrected chi connectivity index (χ3v) is 4.23. The summed E-state index contributed by atoms with van der Waals surface area (Å²) in [6.07, 6.45) is 0.669. The lowest BCUT2D eigenvalue weighted by Gasteiger charge is -2.28.